The molecule has 102 valence electrons. The Morgan fingerprint density at radius 3 is 2.50 bits per heavy atom. The third-order valence-corrected chi connectivity index (χ3v) is 3.52. The fourth-order valence-electron chi connectivity index (χ4n) is 2.20. The van der Waals surface area contributed by atoms with Crippen molar-refractivity contribution < 1.29 is 4.52 Å². The van der Waals surface area contributed by atoms with Crippen LogP contribution in [0.5, 0.6) is 0 Å². The summed E-state index contributed by atoms with van der Waals surface area (Å²) >= 11 is 0. The number of likely N-dealkylation sites (tertiary alicyclic amines) is 1. The van der Waals surface area contributed by atoms with E-state index in [1.165, 1.54) is 12.8 Å². The van der Waals surface area contributed by atoms with E-state index in [0.29, 0.717) is 11.8 Å². The molecule has 5 heteroatoms. The SMILES string of the molecule is CC(C)(C)c1nc(CN2CCC(CN)CC2)no1. The van der Waals surface area contributed by atoms with E-state index in [9.17, 15) is 0 Å². The van der Waals surface area contributed by atoms with Gasteiger partial charge in [0.2, 0.25) is 5.89 Å². The number of rotatable bonds is 3. The topological polar surface area (TPSA) is 68.2 Å². The average Bonchev–Trinajstić information content (AvgIpc) is 2.78. The Morgan fingerprint density at radius 1 is 1.33 bits per heavy atom. The van der Waals surface area contributed by atoms with Crippen LogP contribution in [-0.4, -0.2) is 34.7 Å². The maximum absolute atomic E-state index is 5.69. The van der Waals surface area contributed by atoms with Gasteiger partial charge in [0.15, 0.2) is 5.82 Å². The van der Waals surface area contributed by atoms with Gasteiger partial charge in [0.1, 0.15) is 0 Å². The quantitative estimate of drug-likeness (QED) is 0.883. The lowest BCUT2D eigenvalue weighted by atomic mass is 9.97. The van der Waals surface area contributed by atoms with Crippen molar-refractivity contribution in [2.75, 3.05) is 19.6 Å². The van der Waals surface area contributed by atoms with Crippen LogP contribution in [0.1, 0.15) is 45.3 Å². The van der Waals surface area contributed by atoms with E-state index >= 15 is 0 Å². The number of nitrogens with zero attached hydrogens (tertiary/aromatic N) is 3. The number of nitrogens with two attached hydrogens (primary N) is 1. The van der Waals surface area contributed by atoms with Crippen LogP contribution < -0.4 is 5.73 Å². The van der Waals surface area contributed by atoms with Gasteiger partial charge in [-0.25, -0.2) is 0 Å². The summed E-state index contributed by atoms with van der Waals surface area (Å²) in [5, 5.41) is 4.06. The molecule has 0 amide bonds. The molecule has 0 spiro atoms. The maximum Gasteiger partial charge on any atom is 0.232 e. The van der Waals surface area contributed by atoms with Gasteiger partial charge in [-0.15, -0.1) is 0 Å². The predicted molar refractivity (Wildman–Crippen MR) is 70.1 cm³/mol. The van der Waals surface area contributed by atoms with Gasteiger partial charge < -0.3 is 10.3 Å². The van der Waals surface area contributed by atoms with Gasteiger partial charge in [0.25, 0.3) is 0 Å². The lowest BCUT2D eigenvalue weighted by Gasteiger charge is -2.30. The maximum atomic E-state index is 5.69. The Hall–Kier alpha value is -0.940. The molecular formula is C13H24N4O. The first-order chi connectivity index (χ1) is 8.49. The summed E-state index contributed by atoms with van der Waals surface area (Å²) < 4.78 is 5.31. The molecule has 1 saturated heterocycles. The highest BCUT2D eigenvalue weighted by Gasteiger charge is 2.23. The van der Waals surface area contributed by atoms with Crippen molar-refractivity contribution in [1.82, 2.24) is 15.0 Å². The average molecular weight is 252 g/mol. The highest BCUT2D eigenvalue weighted by atomic mass is 16.5. The minimum absolute atomic E-state index is 0.0716. The second-order valence-electron chi connectivity index (χ2n) is 6.22. The van der Waals surface area contributed by atoms with E-state index in [1.54, 1.807) is 0 Å². The van der Waals surface area contributed by atoms with Gasteiger partial charge >= 0.3 is 0 Å². The van der Waals surface area contributed by atoms with Crippen molar-refractivity contribution in [2.24, 2.45) is 11.7 Å². The van der Waals surface area contributed by atoms with Crippen molar-refractivity contribution >= 4 is 0 Å². The summed E-state index contributed by atoms with van der Waals surface area (Å²) in [6.07, 6.45) is 2.36. The van der Waals surface area contributed by atoms with Gasteiger partial charge in [0, 0.05) is 5.41 Å². The summed E-state index contributed by atoms with van der Waals surface area (Å²) in [6, 6.07) is 0. The smallest absolute Gasteiger partial charge is 0.232 e. The first-order valence-electron chi connectivity index (χ1n) is 6.74. The molecular weight excluding hydrogens is 228 g/mol. The molecule has 1 aromatic rings. The number of hydrogen-bond donors (Lipinski definition) is 1. The molecule has 0 unspecified atom stereocenters. The van der Waals surface area contributed by atoms with Crippen LogP contribution in [0.3, 0.4) is 0 Å². The highest BCUT2D eigenvalue weighted by molar-refractivity contribution is 4.98. The lowest BCUT2D eigenvalue weighted by molar-refractivity contribution is 0.175. The molecule has 0 bridgehead atoms. The summed E-state index contributed by atoms with van der Waals surface area (Å²) in [5.41, 5.74) is 5.62. The third kappa shape index (κ3) is 3.29. The molecule has 1 aliphatic heterocycles. The Bertz CT molecular complexity index is 375. The van der Waals surface area contributed by atoms with E-state index in [4.69, 9.17) is 10.3 Å². The molecule has 18 heavy (non-hydrogen) atoms. The molecule has 2 rings (SSSR count). The van der Waals surface area contributed by atoms with Crippen LogP contribution >= 0.6 is 0 Å². The Kier molecular flexibility index (Phi) is 4.02. The molecule has 1 aliphatic rings. The number of aromatic nitrogens is 2. The second kappa shape index (κ2) is 5.36. The van der Waals surface area contributed by atoms with Crippen LogP contribution in [0.4, 0.5) is 0 Å². The molecule has 2 N–H and O–H groups in total. The van der Waals surface area contributed by atoms with Gasteiger partial charge in [-0.1, -0.05) is 25.9 Å². The minimum Gasteiger partial charge on any atom is -0.339 e. The molecule has 0 saturated carbocycles. The highest BCUT2D eigenvalue weighted by Crippen LogP contribution is 2.21. The monoisotopic (exact) mass is 252 g/mol. The van der Waals surface area contributed by atoms with Crippen LogP contribution in [0.25, 0.3) is 0 Å². The number of hydrogen-bond acceptors (Lipinski definition) is 5. The van der Waals surface area contributed by atoms with E-state index in [1.807, 2.05) is 0 Å². The molecule has 0 aliphatic carbocycles. The lowest BCUT2D eigenvalue weighted by Crippen LogP contribution is -2.35. The van der Waals surface area contributed by atoms with Gasteiger partial charge in [0.05, 0.1) is 6.54 Å². The first kappa shape index (κ1) is 13.5. The zero-order chi connectivity index (χ0) is 13.2. The Balaban J connectivity index is 1.89. The molecule has 0 radical (unpaired) electrons. The van der Waals surface area contributed by atoms with Crippen molar-refractivity contribution in [3.8, 4) is 0 Å². The number of piperidine rings is 1. The van der Waals surface area contributed by atoms with Crippen LogP contribution in [0.15, 0.2) is 4.52 Å². The molecule has 1 aromatic heterocycles. The predicted octanol–water partition coefficient (Wildman–Crippen LogP) is 1.54. The second-order valence-corrected chi connectivity index (χ2v) is 6.22. The molecule has 5 nitrogen and oxygen atoms in total. The van der Waals surface area contributed by atoms with Crippen molar-refractivity contribution in [3.05, 3.63) is 11.7 Å². The van der Waals surface area contributed by atoms with Crippen LogP contribution in [-0.2, 0) is 12.0 Å². The first-order valence-corrected chi connectivity index (χ1v) is 6.74. The Labute approximate surface area is 109 Å². The normalized spacial score (nSPS) is 19.3. The largest absolute Gasteiger partial charge is 0.339 e. The van der Waals surface area contributed by atoms with Crippen molar-refractivity contribution in [2.45, 2.75) is 45.6 Å². The summed E-state index contributed by atoms with van der Waals surface area (Å²) in [6.45, 7) is 10.0. The fraction of sp³-hybridized carbons (Fsp3) is 0.846. The molecule has 0 aromatic carbocycles. The van der Waals surface area contributed by atoms with Gasteiger partial charge in [-0.3, -0.25) is 4.90 Å². The fourth-order valence-corrected chi connectivity index (χ4v) is 2.20. The van der Waals surface area contributed by atoms with Crippen LogP contribution in [0.2, 0.25) is 0 Å². The van der Waals surface area contributed by atoms with E-state index in [-0.39, 0.29) is 5.41 Å². The molecule has 1 fully saturated rings. The zero-order valence-electron chi connectivity index (χ0n) is 11.6. The van der Waals surface area contributed by atoms with Gasteiger partial charge in [-0.2, -0.15) is 4.98 Å². The Morgan fingerprint density at radius 2 is 2.00 bits per heavy atom. The van der Waals surface area contributed by atoms with Crippen LogP contribution in [0, 0.1) is 5.92 Å². The molecule has 0 atom stereocenters. The summed E-state index contributed by atoms with van der Waals surface area (Å²) in [4.78, 5) is 6.85. The summed E-state index contributed by atoms with van der Waals surface area (Å²) in [5.74, 6) is 2.21. The van der Waals surface area contributed by atoms with Gasteiger partial charge in [-0.05, 0) is 38.4 Å². The molecule has 2 heterocycles. The van der Waals surface area contributed by atoms with E-state index < -0.39 is 0 Å². The van der Waals surface area contributed by atoms with E-state index in [2.05, 4.69) is 35.8 Å². The van der Waals surface area contributed by atoms with E-state index in [0.717, 1.165) is 32.0 Å². The summed E-state index contributed by atoms with van der Waals surface area (Å²) in [7, 11) is 0. The zero-order valence-corrected chi connectivity index (χ0v) is 11.6. The van der Waals surface area contributed by atoms with Crippen molar-refractivity contribution in [1.29, 1.82) is 0 Å². The van der Waals surface area contributed by atoms with Crippen molar-refractivity contribution in [3.63, 3.8) is 0 Å². The minimum atomic E-state index is -0.0716. The third-order valence-electron chi connectivity index (χ3n) is 3.52. The standard InChI is InChI=1S/C13H24N4O/c1-13(2,3)12-15-11(16-18-12)9-17-6-4-10(8-14)5-7-17/h10H,4-9,14H2,1-3H3.